The number of hydrogen-bond donors (Lipinski definition) is 0. The Balaban J connectivity index is 2.02. The summed E-state index contributed by atoms with van der Waals surface area (Å²) in [4.78, 5) is 10.1. The van der Waals surface area contributed by atoms with E-state index in [1.807, 2.05) is 0 Å². The number of rotatable bonds is 5. The van der Waals surface area contributed by atoms with Crippen molar-refractivity contribution in [2.75, 3.05) is 0 Å². The Kier molecular flexibility index (Phi) is 4.88. The maximum Gasteiger partial charge on any atom is 0.280 e. The van der Waals surface area contributed by atoms with Gasteiger partial charge in [-0.15, -0.1) is 0 Å². The van der Waals surface area contributed by atoms with E-state index in [0.717, 1.165) is 6.08 Å². The van der Waals surface area contributed by atoms with E-state index in [1.54, 1.807) is 30.3 Å². The molecular weight excluding hydrogens is 368 g/mol. The van der Waals surface area contributed by atoms with Crippen molar-refractivity contribution in [1.29, 1.82) is 5.26 Å². The molecule has 0 N–H and O–H groups in total. The van der Waals surface area contributed by atoms with Gasteiger partial charge in [0.15, 0.2) is 4.91 Å². The molecule has 134 valence electrons. The van der Waals surface area contributed by atoms with E-state index < -0.39 is 19.7 Å². The molecule has 3 aromatic rings. The average molecular weight is 380 g/mol. The Morgan fingerprint density at radius 3 is 2.37 bits per heavy atom. The van der Waals surface area contributed by atoms with Gasteiger partial charge in [-0.3, -0.25) is 10.1 Å². The average Bonchev–Trinajstić information content (AvgIpc) is 3.15. The minimum atomic E-state index is -3.99. The number of para-hydroxylation sites is 1. The molecular formula is C19H12N2O5S. The quantitative estimate of drug-likeness (QED) is 0.372. The topological polar surface area (TPSA) is 114 Å². The van der Waals surface area contributed by atoms with Crippen LogP contribution in [0.2, 0.25) is 0 Å². The highest BCUT2D eigenvalue weighted by molar-refractivity contribution is 7.95. The first-order valence-electron chi connectivity index (χ1n) is 7.69. The van der Waals surface area contributed by atoms with Gasteiger partial charge in [-0.1, -0.05) is 30.3 Å². The molecule has 0 aliphatic carbocycles. The van der Waals surface area contributed by atoms with Crippen LogP contribution in [0.15, 0.2) is 80.9 Å². The zero-order valence-electron chi connectivity index (χ0n) is 13.8. The van der Waals surface area contributed by atoms with Crippen LogP contribution in [0.3, 0.4) is 0 Å². The van der Waals surface area contributed by atoms with Crippen molar-refractivity contribution < 1.29 is 17.8 Å². The van der Waals surface area contributed by atoms with Gasteiger partial charge in [0.05, 0.1) is 15.4 Å². The van der Waals surface area contributed by atoms with Crippen LogP contribution in [0.5, 0.6) is 0 Å². The highest BCUT2D eigenvalue weighted by Crippen LogP contribution is 2.32. The van der Waals surface area contributed by atoms with E-state index in [1.165, 1.54) is 42.5 Å². The van der Waals surface area contributed by atoms with Gasteiger partial charge in [0, 0.05) is 12.1 Å². The van der Waals surface area contributed by atoms with Crippen molar-refractivity contribution in [2.45, 2.75) is 4.90 Å². The smallest absolute Gasteiger partial charge is 0.280 e. The van der Waals surface area contributed by atoms with Gasteiger partial charge in [-0.25, -0.2) is 8.42 Å². The lowest BCUT2D eigenvalue weighted by atomic mass is 10.1. The second-order valence-corrected chi connectivity index (χ2v) is 7.33. The van der Waals surface area contributed by atoms with Gasteiger partial charge in [0.2, 0.25) is 9.84 Å². The van der Waals surface area contributed by atoms with Gasteiger partial charge in [0.1, 0.15) is 17.6 Å². The molecule has 27 heavy (non-hydrogen) atoms. The van der Waals surface area contributed by atoms with Crippen LogP contribution in [0, 0.1) is 21.4 Å². The van der Waals surface area contributed by atoms with E-state index >= 15 is 0 Å². The van der Waals surface area contributed by atoms with E-state index in [0.29, 0.717) is 0 Å². The monoisotopic (exact) mass is 380 g/mol. The minimum absolute atomic E-state index is 0.0109. The summed E-state index contributed by atoms with van der Waals surface area (Å²) >= 11 is 0. The zero-order chi connectivity index (χ0) is 19.4. The number of benzene rings is 2. The standard InChI is InChI=1S/C19H12N2O5S/c20-13-16(27(24,25)15-6-2-1-3-7-15)12-14-10-11-19(26-14)17-8-4-5-9-18(17)21(22)23/h1-12H. The van der Waals surface area contributed by atoms with Crippen molar-refractivity contribution >= 4 is 21.6 Å². The normalized spacial score (nSPS) is 11.7. The Morgan fingerprint density at radius 2 is 1.70 bits per heavy atom. The molecule has 0 fully saturated rings. The number of hydrogen-bond acceptors (Lipinski definition) is 6. The minimum Gasteiger partial charge on any atom is -0.456 e. The Bertz CT molecular complexity index is 1170. The van der Waals surface area contributed by atoms with Crippen molar-refractivity contribution in [3.63, 3.8) is 0 Å². The Morgan fingerprint density at radius 1 is 1.04 bits per heavy atom. The summed E-state index contributed by atoms with van der Waals surface area (Å²) in [5.41, 5.74) is 0.117. The second kappa shape index (κ2) is 7.27. The predicted octanol–water partition coefficient (Wildman–Crippen LogP) is 4.19. The Labute approximate surface area is 154 Å². The molecule has 0 aliphatic rings. The second-order valence-electron chi connectivity index (χ2n) is 5.41. The molecule has 8 heteroatoms. The molecule has 3 rings (SSSR count). The number of nitro benzene ring substituents is 1. The first-order valence-corrected chi connectivity index (χ1v) is 9.17. The fourth-order valence-corrected chi connectivity index (χ4v) is 3.60. The highest BCUT2D eigenvalue weighted by Gasteiger charge is 2.22. The summed E-state index contributed by atoms with van der Waals surface area (Å²) in [6.45, 7) is 0. The van der Waals surface area contributed by atoms with E-state index in [-0.39, 0.29) is 27.7 Å². The van der Waals surface area contributed by atoms with Gasteiger partial charge in [-0.2, -0.15) is 5.26 Å². The van der Waals surface area contributed by atoms with Crippen LogP contribution in [-0.4, -0.2) is 13.3 Å². The fourth-order valence-electron chi connectivity index (χ4n) is 2.44. The summed E-state index contributed by atoms with van der Waals surface area (Å²) in [6.07, 6.45) is 1.10. The predicted molar refractivity (Wildman–Crippen MR) is 98.0 cm³/mol. The lowest BCUT2D eigenvalue weighted by Crippen LogP contribution is -2.03. The molecule has 2 aromatic carbocycles. The third-order valence-corrected chi connectivity index (χ3v) is 5.40. The van der Waals surface area contributed by atoms with Crippen molar-refractivity contribution in [3.05, 3.63) is 87.5 Å². The molecule has 1 heterocycles. The van der Waals surface area contributed by atoms with Gasteiger partial charge in [-0.05, 0) is 30.3 Å². The summed E-state index contributed by atoms with van der Waals surface area (Å²) in [7, 11) is -3.99. The van der Waals surface area contributed by atoms with Gasteiger partial charge in [0.25, 0.3) is 5.69 Å². The zero-order valence-corrected chi connectivity index (χ0v) is 14.6. The fraction of sp³-hybridized carbons (Fsp3) is 0. The SMILES string of the molecule is N#CC(=Cc1ccc(-c2ccccc2[N+](=O)[O-])o1)S(=O)(=O)c1ccccc1. The maximum atomic E-state index is 12.6. The molecule has 0 radical (unpaired) electrons. The lowest BCUT2D eigenvalue weighted by molar-refractivity contribution is -0.384. The molecule has 0 spiro atoms. The van der Waals surface area contributed by atoms with Crippen LogP contribution in [0.25, 0.3) is 17.4 Å². The number of nitriles is 1. The number of allylic oxidation sites excluding steroid dienone is 1. The number of nitrogens with zero attached hydrogens (tertiary/aromatic N) is 2. The van der Waals surface area contributed by atoms with Crippen molar-refractivity contribution in [1.82, 2.24) is 0 Å². The molecule has 0 atom stereocenters. The van der Waals surface area contributed by atoms with Crippen molar-refractivity contribution in [2.24, 2.45) is 0 Å². The van der Waals surface area contributed by atoms with Crippen molar-refractivity contribution in [3.8, 4) is 17.4 Å². The van der Waals surface area contributed by atoms with E-state index in [9.17, 15) is 23.8 Å². The Hall–Kier alpha value is -3.70. The van der Waals surface area contributed by atoms with Crippen LogP contribution < -0.4 is 0 Å². The maximum absolute atomic E-state index is 12.6. The first-order chi connectivity index (χ1) is 12.9. The molecule has 1 aromatic heterocycles. The van der Waals surface area contributed by atoms with Crippen LogP contribution in [0.1, 0.15) is 5.76 Å². The summed E-state index contributed by atoms with van der Waals surface area (Å²) in [5.74, 6) is 0.294. The van der Waals surface area contributed by atoms with Crippen LogP contribution in [0.4, 0.5) is 5.69 Å². The summed E-state index contributed by atoms with van der Waals surface area (Å²) in [5, 5.41) is 20.4. The van der Waals surface area contributed by atoms with Gasteiger partial charge >= 0.3 is 0 Å². The molecule has 0 saturated carbocycles. The van der Waals surface area contributed by atoms with E-state index in [2.05, 4.69) is 0 Å². The molecule has 0 saturated heterocycles. The molecule has 0 aliphatic heterocycles. The third kappa shape index (κ3) is 3.63. The lowest BCUT2D eigenvalue weighted by Gasteiger charge is -2.02. The number of nitro groups is 1. The largest absolute Gasteiger partial charge is 0.456 e. The van der Waals surface area contributed by atoms with Crippen LogP contribution in [-0.2, 0) is 9.84 Å². The highest BCUT2D eigenvalue weighted by atomic mass is 32.2. The third-order valence-electron chi connectivity index (χ3n) is 3.72. The van der Waals surface area contributed by atoms with Gasteiger partial charge < -0.3 is 4.42 Å². The number of sulfone groups is 1. The summed E-state index contributed by atoms with van der Waals surface area (Å²) < 4.78 is 30.7. The molecule has 0 bridgehead atoms. The van der Waals surface area contributed by atoms with Crippen LogP contribution >= 0.6 is 0 Å². The molecule has 0 amide bonds. The van der Waals surface area contributed by atoms with E-state index in [4.69, 9.17) is 4.42 Å². The first kappa shape index (κ1) is 18.1. The molecule has 0 unspecified atom stereocenters. The number of furan rings is 1. The molecule has 7 nitrogen and oxygen atoms in total. The summed E-state index contributed by atoms with van der Waals surface area (Å²) in [6, 6.07) is 18.2.